The van der Waals surface area contributed by atoms with Crippen LogP contribution in [0, 0.1) is 35.5 Å². The normalized spacial score (nSPS) is 25.3. The van der Waals surface area contributed by atoms with Crippen LogP contribution in [0.2, 0.25) is 0 Å². The van der Waals surface area contributed by atoms with Crippen molar-refractivity contribution in [1.82, 2.24) is 4.90 Å². The van der Waals surface area contributed by atoms with E-state index < -0.39 is 30.5 Å². The quantitative estimate of drug-likeness (QED) is 0.411. The summed E-state index contributed by atoms with van der Waals surface area (Å²) in [4.78, 5) is 64.8. The SMILES string of the molecule is CC(C)COC(=O)c1ccc(NC(=O)COC(=O)[C@H](C(C)C)N2C(=O)[C@H]3[C@H]4CC[C@@H](C4)[C@@H]3C2=O)cc1. The maximum Gasteiger partial charge on any atom is 0.338 e. The van der Waals surface area contributed by atoms with Crippen molar-refractivity contribution in [1.29, 1.82) is 0 Å². The fourth-order valence-electron chi connectivity index (χ4n) is 5.82. The van der Waals surface area contributed by atoms with Gasteiger partial charge < -0.3 is 14.8 Å². The molecule has 5 atom stereocenters. The summed E-state index contributed by atoms with van der Waals surface area (Å²) in [5, 5.41) is 2.61. The Kier molecular flexibility index (Phi) is 7.47. The van der Waals surface area contributed by atoms with Crippen LogP contribution in [-0.2, 0) is 28.7 Å². The summed E-state index contributed by atoms with van der Waals surface area (Å²) in [6.45, 7) is 7.15. The van der Waals surface area contributed by atoms with E-state index in [9.17, 15) is 24.0 Å². The number of carbonyl (C=O) groups excluding carboxylic acids is 5. The molecule has 1 saturated heterocycles. The van der Waals surface area contributed by atoms with Crippen molar-refractivity contribution in [3.05, 3.63) is 29.8 Å². The number of benzene rings is 1. The van der Waals surface area contributed by atoms with Gasteiger partial charge in [0.2, 0.25) is 11.8 Å². The van der Waals surface area contributed by atoms with Gasteiger partial charge in [-0.2, -0.15) is 0 Å². The van der Waals surface area contributed by atoms with Crippen LogP contribution >= 0.6 is 0 Å². The zero-order valence-electron chi connectivity index (χ0n) is 21.2. The summed E-state index contributed by atoms with van der Waals surface area (Å²) in [5.41, 5.74) is 0.781. The summed E-state index contributed by atoms with van der Waals surface area (Å²) in [7, 11) is 0. The van der Waals surface area contributed by atoms with Gasteiger partial charge in [-0.15, -0.1) is 0 Å². The monoisotopic (exact) mass is 498 g/mol. The van der Waals surface area contributed by atoms with Crippen LogP contribution < -0.4 is 5.32 Å². The van der Waals surface area contributed by atoms with E-state index in [1.807, 2.05) is 13.8 Å². The Morgan fingerprint density at radius 2 is 1.53 bits per heavy atom. The lowest BCUT2D eigenvalue weighted by Crippen LogP contribution is -2.50. The smallest absolute Gasteiger partial charge is 0.338 e. The topological polar surface area (TPSA) is 119 Å². The molecule has 1 aromatic rings. The second kappa shape index (κ2) is 10.4. The summed E-state index contributed by atoms with van der Waals surface area (Å²) >= 11 is 0. The van der Waals surface area contributed by atoms with Gasteiger partial charge in [0.15, 0.2) is 6.61 Å². The van der Waals surface area contributed by atoms with Gasteiger partial charge in [0.05, 0.1) is 24.0 Å². The Hall–Kier alpha value is -3.23. The van der Waals surface area contributed by atoms with E-state index in [1.54, 1.807) is 26.0 Å². The van der Waals surface area contributed by atoms with Crippen LogP contribution in [0.4, 0.5) is 5.69 Å². The highest BCUT2D eigenvalue weighted by molar-refractivity contribution is 6.08. The van der Waals surface area contributed by atoms with Crippen LogP contribution in [0.1, 0.15) is 57.3 Å². The molecule has 4 rings (SSSR count). The molecule has 3 aliphatic rings. The van der Waals surface area contributed by atoms with Crippen LogP contribution in [0.5, 0.6) is 0 Å². The molecule has 36 heavy (non-hydrogen) atoms. The van der Waals surface area contributed by atoms with Crippen molar-refractivity contribution in [2.75, 3.05) is 18.5 Å². The first-order valence-electron chi connectivity index (χ1n) is 12.7. The third-order valence-electron chi connectivity index (χ3n) is 7.41. The third kappa shape index (κ3) is 5.01. The van der Waals surface area contributed by atoms with Crippen molar-refractivity contribution in [3.63, 3.8) is 0 Å². The summed E-state index contributed by atoms with van der Waals surface area (Å²) in [6, 6.07) is 5.12. The highest BCUT2D eigenvalue weighted by atomic mass is 16.5. The van der Waals surface area contributed by atoms with E-state index in [4.69, 9.17) is 9.47 Å². The second-order valence-corrected chi connectivity index (χ2v) is 10.8. The minimum Gasteiger partial charge on any atom is -0.462 e. The van der Waals surface area contributed by atoms with E-state index in [0.29, 0.717) is 17.9 Å². The zero-order chi connectivity index (χ0) is 26.1. The van der Waals surface area contributed by atoms with Crippen LogP contribution in [0.3, 0.4) is 0 Å². The van der Waals surface area contributed by atoms with E-state index >= 15 is 0 Å². The molecule has 1 aromatic carbocycles. The molecule has 3 amide bonds. The molecule has 0 spiro atoms. The van der Waals surface area contributed by atoms with Crippen LogP contribution in [-0.4, -0.2) is 53.8 Å². The van der Waals surface area contributed by atoms with Gasteiger partial charge in [-0.05, 0) is 67.2 Å². The van der Waals surface area contributed by atoms with Gasteiger partial charge in [0.1, 0.15) is 6.04 Å². The second-order valence-electron chi connectivity index (χ2n) is 10.8. The maximum atomic E-state index is 13.2. The van der Waals surface area contributed by atoms with Crippen molar-refractivity contribution in [2.24, 2.45) is 35.5 Å². The fourth-order valence-corrected chi connectivity index (χ4v) is 5.82. The number of ether oxygens (including phenoxy) is 2. The van der Waals surface area contributed by atoms with Gasteiger partial charge in [0, 0.05) is 5.69 Å². The minimum atomic E-state index is -1.06. The number of anilines is 1. The first-order valence-corrected chi connectivity index (χ1v) is 12.7. The molecule has 0 radical (unpaired) electrons. The van der Waals surface area contributed by atoms with Gasteiger partial charge in [-0.3, -0.25) is 19.3 Å². The average molecular weight is 499 g/mol. The first kappa shape index (κ1) is 25.9. The van der Waals surface area contributed by atoms with Gasteiger partial charge >= 0.3 is 11.9 Å². The predicted molar refractivity (Wildman–Crippen MR) is 129 cm³/mol. The summed E-state index contributed by atoms with van der Waals surface area (Å²) in [5.74, 6) is -2.66. The van der Waals surface area contributed by atoms with Gasteiger partial charge in [-0.25, -0.2) is 9.59 Å². The largest absolute Gasteiger partial charge is 0.462 e. The van der Waals surface area contributed by atoms with Gasteiger partial charge in [0.25, 0.3) is 5.91 Å². The molecular weight excluding hydrogens is 464 g/mol. The number of nitrogens with one attached hydrogen (secondary N) is 1. The molecule has 194 valence electrons. The molecule has 2 saturated carbocycles. The number of imide groups is 1. The Balaban J connectivity index is 1.32. The number of fused-ring (bicyclic) bond motifs is 5. The number of hydrogen-bond acceptors (Lipinski definition) is 7. The molecule has 1 aliphatic heterocycles. The molecule has 1 heterocycles. The van der Waals surface area contributed by atoms with Gasteiger partial charge in [-0.1, -0.05) is 27.7 Å². The molecular formula is C27H34N2O7. The summed E-state index contributed by atoms with van der Waals surface area (Å²) < 4.78 is 10.4. The van der Waals surface area contributed by atoms with E-state index in [2.05, 4.69) is 5.32 Å². The maximum absolute atomic E-state index is 13.2. The Bertz CT molecular complexity index is 1020. The zero-order valence-corrected chi connectivity index (χ0v) is 21.2. The number of rotatable bonds is 9. The molecule has 2 bridgehead atoms. The summed E-state index contributed by atoms with van der Waals surface area (Å²) in [6.07, 6.45) is 2.82. The van der Waals surface area contributed by atoms with Crippen LogP contribution in [0.15, 0.2) is 24.3 Å². The Morgan fingerprint density at radius 3 is 2.06 bits per heavy atom. The molecule has 9 nitrogen and oxygen atoms in total. The lowest BCUT2D eigenvalue weighted by Gasteiger charge is -2.28. The molecule has 0 unspecified atom stereocenters. The average Bonchev–Trinajstić information content (AvgIpc) is 3.51. The number of carbonyl (C=O) groups is 5. The standard InChI is InChI=1S/C27H34N2O7/c1-14(2)12-35-26(33)16-7-9-19(10-8-16)28-20(30)13-36-27(34)23(15(3)4)29-24(31)21-17-5-6-18(11-17)22(21)25(29)32/h7-10,14-15,17-18,21-23H,5-6,11-13H2,1-4H3,(H,28,30)/t17-,18-,21-,22-,23-/m0/s1. The minimum absolute atomic E-state index is 0.222. The molecule has 2 aliphatic carbocycles. The number of hydrogen-bond donors (Lipinski definition) is 1. The highest BCUT2D eigenvalue weighted by Gasteiger charge is 2.62. The number of esters is 2. The number of amides is 3. The molecule has 1 N–H and O–H groups in total. The third-order valence-corrected chi connectivity index (χ3v) is 7.41. The van der Waals surface area contributed by atoms with Crippen molar-refractivity contribution >= 4 is 35.3 Å². The number of nitrogens with zero attached hydrogens (tertiary/aromatic N) is 1. The molecule has 3 fully saturated rings. The van der Waals surface area contributed by atoms with E-state index in [1.165, 1.54) is 12.1 Å². The highest BCUT2D eigenvalue weighted by Crippen LogP contribution is 2.56. The lowest BCUT2D eigenvalue weighted by molar-refractivity contribution is -0.162. The molecule has 9 heteroatoms. The van der Waals surface area contributed by atoms with Crippen molar-refractivity contribution in [2.45, 2.75) is 53.0 Å². The molecule has 0 aromatic heterocycles. The van der Waals surface area contributed by atoms with E-state index in [0.717, 1.165) is 24.2 Å². The number of likely N-dealkylation sites (tertiary alicyclic amines) is 1. The fraction of sp³-hybridized carbons (Fsp3) is 0.593. The van der Waals surface area contributed by atoms with E-state index in [-0.39, 0.29) is 47.3 Å². The Morgan fingerprint density at radius 1 is 0.944 bits per heavy atom. The van der Waals surface area contributed by atoms with Crippen LogP contribution in [0.25, 0.3) is 0 Å². The predicted octanol–water partition coefficient (Wildman–Crippen LogP) is 3.04. The van der Waals surface area contributed by atoms with Crippen molar-refractivity contribution in [3.8, 4) is 0 Å². The lowest BCUT2D eigenvalue weighted by atomic mass is 9.81. The van der Waals surface area contributed by atoms with Crippen molar-refractivity contribution < 1.29 is 33.4 Å². The first-order chi connectivity index (χ1) is 17.1. The Labute approximate surface area is 210 Å².